The topological polar surface area (TPSA) is 69.7 Å². The second-order valence-electron chi connectivity index (χ2n) is 6.56. The molecule has 0 spiro atoms. The molecule has 0 saturated carbocycles. The number of hydrogen-bond acceptors (Lipinski definition) is 3. The van der Waals surface area contributed by atoms with Crippen molar-refractivity contribution < 1.29 is 18.8 Å². The molecule has 1 N–H and O–H groups in total. The van der Waals surface area contributed by atoms with Gasteiger partial charge in [0, 0.05) is 31.7 Å². The van der Waals surface area contributed by atoms with E-state index in [1.165, 1.54) is 12.1 Å². The smallest absolute Gasteiger partial charge is 0.256 e. The molecule has 1 aliphatic rings. The summed E-state index contributed by atoms with van der Waals surface area (Å²) in [4.78, 5) is 40.2. The van der Waals surface area contributed by atoms with Crippen molar-refractivity contribution >= 4 is 17.7 Å². The third-order valence-corrected chi connectivity index (χ3v) is 4.68. The quantitative estimate of drug-likeness (QED) is 0.877. The van der Waals surface area contributed by atoms with Crippen LogP contribution in [0.1, 0.15) is 27.1 Å². The number of amides is 3. The average molecular weight is 383 g/mol. The lowest BCUT2D eigenvalue weighted by Gasteiger charge is -2.22. The van der Waals surface area contributed by atoms with E-state index in [0.717, 1.165) is 0 Å². The maximum absolute atomic E-state index is 13.9. The Kier molecular flexibility index (Phi) is 6.37. The van der Waals surface area contributed by atoms with Crippen LogP contribution in [0.2, 0.25) is 0 Å². The van der Waals surface area contributed by atoms with Gasteiger partial charge in [0.15, 0.2) is 0 Å². The molecule has 0 bridgehead atoms. The van der Waals surface area contributed by atoms with Gasteiger partial charge in [-0.2, -0.15) is 0 Å². The van der Waals surface area contributed by atoms with Crippen molar-refractivity contribution in [2.45, 2.75) is 6.42 Å². The van der Waals surface area contributed by atoms with Gasteiger partial charge in [-0.25, -0.2) is 4.39 Å². The molecular weight excluding hydrogens is 361 g/mol. The van der Waals surface area contributed by atoms with Crippen LogP contribution in [0.15, 0.2) is 54.6 Å². The van der Waals surface area contributed by atoms with Gasteiger partial charge in [0.1, 0.15) is 5.82 Å². The van der Waals surface area contributed by atoms with Crippen LogP contribution in [0.25, 0.3) is 0 Å². The summed E-state index contributed by atoms with van der Waals surface area (Å²) < 4.78 is 13.9. The van der Waals surface area contributed by atoms with E-state index in [9.17, 15) is 18.8 Å². The Morgan fingerprint density at radius 3 is 2.25 bits per heavy atom. The Morgan fingerprint density at radius 1 is 0.857 bits per heavy atom. The first-order chi connectivity index (χ1) is 13.6. The highest BCUT2D eigenvalue weighted by molar-refractivity contribution is 5.96. The summed E-state index contributed by atoms with van der Waals surface area (Å²) in [5, 5.41) is 2.62. The van der Waals surface area contributed by atoms with Gasteiger partial charge in [-0.1, -0.05) is 30.3 Å². The highest BCUT2D eigenvalue weighted by Gasteiger charge is 2.24. The molecule has 146 valence electrons. The number of benzene rings is 2. The van der Waals surface area contributed by atoms with E-state index in [-0.39, 0.29) is 29.8 Å². The van der Waals surface area contributed by atoms with Crippen molar-refractivity contribution in [2.24, 2.45) is 0 Å². The van der Waals surface area contributed by atoms with Gasteiger partial charge in [0.25, 0.3) is 11.8 Å². The SMILES string of the molecule is O=C(NCC(=O)N1CCCN(C(=O)c2ccccc2F)CC1)c1ccccc1. The predicted molar refractivity (Wildman–Crippen MR) is 102 cm³/mol. The third-order valence-electron chi connectivity index (χ3n) is 4.68. The highest BCUT2D eigenvalue weighted by Crippen LogP contribution is 2.12. The van der Waals surface area contributed by atoms with E-state index >= 15 is 0 Å². The first-order valence-electron chi connectivity index (χ1n) is 9.21. The fraction of sp³-hybridized carbons (Fsp3) is 0.286. The van der Waals surface area contributed by atoms with E-state index in [1.54, 1.807) is 46.2 Å². The molecule has 3 amide bonds. The zero-order valence-electron chi connectivity index (χ0n) is 15.4. The number of nitrogens with one attached hydrogen (secondary N) is 1. The molecule has 7 heteroatoms. The van der Waals surface area contributed by atoms with E-state index in [1.807, 2.05) is 6.07 Å². The molecule has 28 heavy (non-hydrogen) atoms. The second-order valence-corrected chi connectivity index (χ2v) is 6.56. The van der Waals surface area contributed by atoms with E-state index in [2.05, 4.69) is 5.32 Å². The molecule has 1 aliphatic heterocycles. The lowest BCUT2D eigenvalue weighted by Crippen LogP contribution is -2.42. The zero-order valence-corrected chi connectivity index (χ0v) is 15.4. The van der Waals surface area contributed by atoms with E-state index < -0.39 is 5.82 Å². The van der Waals surface area contributed by atoms with Crippen LogP contribution in [0.4, 0.5) is 4.39 Å². The number of hydrogen-bond donors (Lipinski definition) is 1. The molecule has 1 saturated heterocycles. The molecule has 2 aromatic rings. The Bertz CT molecular complexity index is 857. The number of rotatable bonds is 4. The Balaban J connectivity index is 1.53. The van der Waals surface area contributed by atoms with E-state index in [0.29, 0.717) is 38.2 Å². The minimum atomic E-state index is -0.548. The Morgan fingerprint density at radius 2 is 1.50 bits per heavy atom. The number of halogens is 1. The van der Waals surface area contributed by atoms with Gasteiger partial charge in [-0.3, -0.25) is 14.4 Å². The van der Waals surface area contributed by atoms with Crippen LogP contribution in [-0.4, -0.2) is 60.2 Å². The monoisotopic (exact) mass is 383 g/mol. The maximum atomic E-state index is 13.9. The van der Waals surface area contributed by atoms with Crippen molar-refractivity contribution in [3.8, 4) is 0 Å². The first kappa shape index (κ1) is 19.5. The lowest BCUT2D eigenvalue weighted by atomic mass is 10.2. The minimum absolute atomic E-state index is 0.0393. The molecule has 0 unspecified atom stereocenters. The molecule has 1 fully saturated rings. The van der Waals surface area contributed by atoms with Crippen LogP contribution in [0.5, 0.6) is 0 Å². The zero-order chi connectivity index (χ0) is 19.9. The highest BCUT2D eigenvalue weighted by atomic mass is 19.1. The molecule has 1 heterocycles. The van der Waals surface area contributed by atoms with Gasteiger partial charge >= 0.3 is 0 Å². The van der Waals surface area contributed by atoms with Crippen molar-refractivity contribution in [2.75, 3.05) is 32.7 Å². The normalized spacial score (nSPS) is 14.3. The molecule has 0 atom stereocenters. The van der Waals surface area contributed by atoms with Gasteiger partial charge in [-0.15, -0.1) is 0 Å². The van der Waals surface area contributed by atoms with Gasteiger partial charge in [-0.05, 0) is 30.7 Å². The van der Waals surface area contributed by atoms with Crippen molar-refractivity contribution in [3.63, 3.8) is 0 Å². The van der Waals surface area contributed by atoms with Crippen LogP contribution in [0.3, 0.4) is 0 Å². The maximum Gasteiger partial charge on any atom is 0.256 e. The van der Waals surface area contributed by atoms with Crippen LogP contribution < -0.4 is 5.32 Å². The molecule has 0 aliphatic carbocycles. The number of carbonyl (C=O) groups is 3. The van der Waals surface area contributed by atoms with E-state index in [4.69, 9.17) is 0 Å². The summed E-state index contributed by atoms with van der Waals surface area (Å²) in [7, 11) is 0. The summed E-state index contributed by atoms with van der Waals surface area (Å²) in [5.74, 6) is -1.43. The largest absolute Gasteiger partial charge is 0.343 e. The Labute approximate surface area is 162 Å². The van der Waals surface area contributed by atoms with Crippen molar-refractivity contribution in [1.29, 1.82) is 0 Å². The van der Waals surface area contributed by atoms with Gasteiger partial charge in [0.2, 0.25) is 5.91 Å². The second kappa shape index (κ2) is 9.12. The average Bonchev–Trinajstić information content (AvgIpc) is 2.98. The number of nitrogens with zero attached hydrogens (tertiary/aromatic N) is 2. The minimum Gasteiger partial charge on any atom is -0.343 e. The number of carbonyl (C=O) groups excluding carboxylic acids is 3. The Hall–Kier alpha value is -3.22. The molecule has 3 rings (SSSR count). The first-order valence-corrected chi connectivity index (χ1v) is 9.21. The summed E-state index contributed by atoms with van der Waals surface area (Å²) in [6.07, 6.45) is 0.596. The lowest BCUT2D eigenvalue weighted by molar-refractivity contribution is -0.129. The van der Waals surface area contributed by atoms with Crippen LogP contribution in [-0.2, 0) is 4.79 Å². The summed E-state index contributed by atoms with van der Waals surface area (Å²) in [6, 6.07) is 14.6. The van der Waals surface area contributed by atoms with Gasteiger partial charge < -0.3 is 15.1 Å². The fourth-order valence-corrected chi connectivity index (χ4v) is 3.13. The summed E-state index contributed by atoms with van der Waals surface area (Å²) >= 11 is 0. The van der Waals surface area contributed by atoms with Crippen molar-refractivity contribution in [3.05, 3.63) is 71.5 Å². The summed E-state index contributed by atoms with van der Waals surface area (Å²) in [6.45, 7) is 1.51. The molecule has 2 aromatic carbocycles. The molecule has 0 aromatic heterocycles. The van der Waals surface area contributed by atoms with Gasteiger partial charge in [0.05, 0.1) is 12.1 Å². The molecular formula is C21H22FN3O3. The standard InChI is InChI=1S/C21H22FN3O3/c22-18-10-5-4-9-17(18)21(28)25-12-6-11-24(13-14-25)19(26)15-23-20(27)16-7-2-1-3-8-16/h1-5,7-10H,6,11-15H2,(H,23,27). The fourth-order valence-electron chi connectivity index (χ4n) is 3.13. The predicted octanol–water partition coefficient (Wildman–Crippen LogP) is 1.93. The van der Waals surface area contributed by atoms with Crippen LogP contribution in [0, 0.1) is 5.82 Å². The van der Waals surface area contributed by atoms with Crippen molar-refractivity contribution in [1.82, 2.24) is 15.1 Å². The molecule has 6 nitrogen and oxygen atoms in total. The third kappa shape index (κ3) is 4.73. The molecule has 0 radical (unpaired) electrons. The van der Waals surface area contributed by atoms with Crippen LogP contribution >= 0.6 is 0 Å². The summed E-state index contributed by atoms with van der Waals surface area (Å²) in [5.41, 5.74) is 0.533.